The van der Waals surface area contributed by atoms with Gasteiger partial charge in [0, 0.05) is 6.61 Å². The molecule has 0 spiro atoms. The fourth-order valence-electron chi connectivity index (χ4n) is 2.60. The zero-order valence-electron chi connectivity index (χ0n) is 13.2. The molecule has 2 unspecified atom stereocenters. The Labute approximate surface area is 128 Å². The largest absolute Gasteiger partial charge is 0.372 e. The summed E-state index contributed by atoms with van der Waals surface area (Å²) in [5.74, 6) is 0. The van der Waals surface area contributed by atoms with Crippen molar-refractivity contribution in [3.63, 3.8) is 0 Å². The van der Waals surface area contributed by atoms with E-state index in [0.29, 0.717) is 6.61 Å². The summed E-state index contributed by atoms with van der Waals surface area (Å²) in [6.45, 7) is 7.91. The maximum Gasteiger partial charge on any atom is 0.102 e. The van der Waals surface area contributed by atoms with E-state index >= 15 is 0 Å². The van der Waals surface area contributed by atoms with Crippen molar-refractivity contribution in [3.8, 4) is 0 Å². The van der Waals surface area contributed by atoms with Crippen LogP contribution in [-0.4, -0.2) is 13.2 Å². The minimum Gasteiger partial charge on any atom is -0.372 e. The van der Waals surface area contributed by atoms with Gasteiger partial charge in [0.2, 0.25) is 0 Å². The molecule has 2 aromatic carbocycles. The first-order valence-corrected chi connectivity index (χ1v) is 7.72. The van der Waals surface area contributed by atoms with E-state index in [0.717, 1.165) is 6.54 Å². The molecule has 0 saturated heterocycles. The van der Waals surface area contributed by atoms with Crippen molar-refractivity contribution < 1.29 is 4.74 Å². The third-order valence-corrected chi connectivity index (χ3v) is 3.64. The van der Waals surface area contributed by atoms with Crippen molar-refractivity contribution >= 4 is 0 Å². The Hall–Kier alpha value is -1.64. The van der Waals surface area contributed by atoms with E-state index in [1.165, 1.54) is 16.7 Å². The maximum atomic E-state index is 6.06. The Balaban J connectivity index is 2.34. The minimum atomic E-state index is 0.0267. The summed E-state index contributed by atoms with van der Waals surface area (Å²) >= 11 is 0. The molecule has 0 fully saturated rings. The van der Waals surface area contributed by atoms with E-state index in [1.807, 2.05) is 13.0 Å². The van der Waals surface area contributed by atoms with Gasteiger partial charge in [0.25, 0.3) is 0 Å². The summed E-state index contributed by atoms with van der Waals surface area (Å²) in [4.78, 5) is 0. The Morgan fingerprint density at radius 3 is 2.14 bits per heavy atom. The highest BCUT2D eigenvalue weighted by atomic mass is 16.5. The molecular weight excluding hydrogens is 258 g/mol. The first-order valence-electron chi connectivity index (χ1n) is 7.72. The van der Waals surface area contributed by atoms with Gasteiger partial charge in [-0.15, -0.1) is 0 Å². The molecule has 0 amide bonds. The van der Waals surface area contributed by atoms with Crippen LogP contribution in [0.15, 0.2) is 54.6 Å². The fourth-order valence-corrected chi connectivity index (χ4v) is 2.60. The Morgan fingerprint density at radius 1 is 0.905 bits per heavy atom. The van der Waals surface area contributed by atoms with Crippen molar-refractivity contribution in [2.75, 3.05) is 13.2 Å². The van der Waals surface area contributed by atoms with E-state index in [4.69, 9.17) is 4.74 Å². The lowest BCUT2D eigenvalue weighted by molar-refractivity contribution is 0.0331. The zero-order valence-corrected chi connectivity index (χ0v) is 13.2. The molecule has 2 aromatic rings. The predicted octanol–water partition coefficient (Wildman–Crippen LogP) is 4.42. The average Bonchev–Trinajstić information content (AvgIpc) is 2.53. The van der Waals surface area contributed by atoms with Gasteiger partial charge in [0.05, 0.1) is 6.04 Å². The van der Waals surface area contributed by atoms with Gasteiger partial charge in [-0.05, 0) is 31.5 Å². The molecule has 2 rings (SSSR count). The first kappa shape index (κ1) is 15.7. The summed E-state index contributed by atoms with van der Waals surface area (Å²) < 4.78 is 6.06. The van der Waals surface area contributed by atoms with E-state index in [1.54, 1.807) is 0 Å². The SMILES string of the molecule is CCNC(c1ccc(C)cc1)C(OCC)c1ccccc1. The Morgan fingerprint density at radius 2 is 1.57 bits per heavy atom. The predicted molar refractivity (Wildman–Crippen MR) is 88.4 cm³/mol. The summed E-state index contributed by atoms with van der Waals surface area (Å²) in [6, 6.07) is 19.3. The van der Waals surface area contributed by atoms with Crippen LogP contribution in [0.5, 0.6) is 0 Å². The molecule has 0 radical (unpaired) electrons. The molecule has 21 heavy (non-hydrogen) atoms. The fraction of sp³-hybridized carbons (Fsp3) is 0.368. The molecule has 2 heteroatoms. The molecule has 2 nitrogen and oxygen atoms in total. The van der Waals surface area contributed by atoms with Crippen LogP contribution in [0.2, 0.25) is 0 Å². The van der Waals surface area contributed by atoms with Crippen LogP contribution in [0.4, 0.5) is 0 Å². The zero-order chi connectivity index (χ0) is 15.1. The number of likely N-dealkylation sites (N-methyl/N-ethyl adjacent to an activating group) is 1. The van der Waals surface area contributed by atoms with Crippen LogP contribution in [0, 0.1) is 6.92 Å². The number of benzene rings is 2. The number of hydrogen-bond acceptors (Lipinski definition) is 2. The van der Waals surface area contributed by atoms with E-state index in [-0.39, 0.29) is 12.1 Å². The lowest BCUT2D eigenvalue weighted by Gasteiger charge is -2.28. The summed E-state index contributed by atoms with van der Waals surface area (Å²) in [5, 5.41) is 3.58. The number of hydrogen-bond donors (Lipinski definition) is 1. The molecule has 0 heterocycles. The van der Waals surface area contributed by atoms with Crippen LogP contribution in [-0.2, 0) is 4.74 Å². The molecule has 1 N–H and O–H groups in total. The molecule has 0 aliphatic carbocycles. The molecule has 0 bridgehead atoms. The van der Waals surface area contributed by atoms with Crippen LogP contribution >= 0.6 is 0 Å². The van der Waals surface area contributed by atoms with Gasteiger partial charge < -0.3 is 10.1 Å². The van der Waals surface area contributed by atoms with Crippen LogP contribution in [0.1, 0.15) is 42.7 Å². The van der Waals surface area contributed by atoms with Crippen molar-refractivity contribution in [2.45, 2.75) is 32.9 Å². The number of rotatable bonds is 7. The normalized spacial score (nSPS) is 13.9. The highest BCUT2D eigenvalue weighted by Gasteiger charge is 2.24. The molecule has 0 aliphatic rings. The van der Waals surface area contributed by atoms with Crippen LogP contribution < -0.4 is 5.32 Å². The van der Waals surface area contributed by atoms with Gasteiger partial charge in [-0.2, -0.15) is 0 Å². The smallest absolute Gasteiger partial charge is 0.102 e. The van der Waals surface area contributed by atoms with E-state index in [9.17, 15) is 0 Å². The van der Waals surface area contributed by atoms with Crippen LogP contribution in [0.3, 0.4) is 0 Å². The van der Waals surface area contributed by atoms with Gasteiger partial charge in [-0.3, -0.25) is 0 Å². The van der Waals surface area contributed by atoms with Gasteiger partial charge in [0.15, 0.2) is 0 Å². The van der Waals surface area contributed by atoms with Crippen molar-refractivity contribution in [1.29, 1.82) is 0 Å². The Kier molecular flexibility index (Phi) is 5.97. The van der Waals surface area contributed by atoms with E-state index < -0.39 is 0 Å². The van der Waals surface area contributed by atoms with Crippen LogP contribution in [0.25, 0.3) is 0 Å². The second kappa shape index (κ2) is 7.96. The first-order chi connectivity index (χ1) is 10.3. The minimum absolute atomic E-state index is 0.0267. The summed E-state index contributed by atoms with van der Waals surface area (Å²) in [5.41, 5.74) is 3.76. The second-order valence-corrected chi connectivity index (χ2v) is 5.23. The maximum absolute atomic E-state index is 6.06. The second-order valence-electron chi connectivity index (χ2n) is 5.23. The van der Waals surface area contributed by atoms with Crippen molar-refractivity contribution in [1.82, 2.24) is 5.32 Å². The van der Waals surface area contributed by atoms with Crippen molar-refractivity contribution in [2.24, 2.45) is 0 Å². The number of nitrogens with one attached hydrogen (secondary N) is 1. The highest BCUT2D eigenvalue weighted by Crippen LogP contribution is 2.32. The summed E-state index contributed by atoms with van der Waals surface area (Å²) in [6.07, 6.45) is 0.0267. The van der Waals surface area contributed by atoms with Gasteiger partial charge in [-0.1, -0.05) is 67.1 Å². The van der Waals surface area contributed by atoms with Gasteiger partial charge in [0.1, 0.15) is 6.10 Å². The van der Waals surface area contributed by atoms with Gasteiger partial charge in [-0.25, -0.2) is 0 Å². The van der Waals surface area contributed by atoms with E-state index in [2.05, 4.69) is 67.7 Å². The lowest BCUT2D eigenvalue weighted by Crippen LogP contribution is -2.28. The quantitative estimate of drug-likeness (QED) is 0.812. The monoisotopic (exact) mass is 283 g/mol. The number of ether oxygens (including phenoxy) is 1. The number of aryl methyl sites for hydroxylation is 1. The third-order valence-electron chi connectivity index (χ3n) is 3.64. The summed E-state index contributed by atoms with van der Waals surface area (Å²) in [7, 11) is 0. The lowest BCUT2D eigenvalue weighted by atomic mass is 9.95. The average molecular weight is 283 g/mol. The molecule has 112 valence electrons. The topological polar surface area (TPSA) is 21.3 Å². The molecule has 2 atom stereocenters. The molecule has 0 aliphatic heterocycles. The third kappa shape index (κ3) is 4.16. The standard InChI is InChI=1S/C19H25NO/c1-4-20-18(16-13-11-15(3)12-14-16)19(21-5-2)17-9-7-6-8-10-17/h6-14,18-20H,4-5H2,1-3H3. The Bertz CT molecular complexity index is 521. The molecular formula is C19H25NO. The molecule has 0 saturated carbocycles. The molecule has 0 aromatic heterocycles. The highest BCUT2D eigenvalue weighted by molar-refractivity contribution is 5.28. The van der Waals surface area contributed by atoms with Crippen molar-refractivity contribution in [3.05, 3.63) is 71.3 Å². The van der Waals surface area contributed by atoms with Gasteiger partial charge >= 0.3 is 0 Å².